The summed E-state index contributed by atoms with van der Waals surface area (Å²) in [4.78, 5) is 15.0. The summed E-state index contributed by atoms with van der Waals surface area (Å²) in [6.45, 7) is 5.44. The van der Waals surface area contributed by atoms with E-state index >= 15 is 0 Å². The molecule has 2 fully saturated rings. The number of carbonyl (C=O) groups is 1. The highest BCUT2D eigenvalue weighted by molar-refractivity contribution is 7.89. The van der Waals surface area contributed by atoms with Gasteiger partial charge in [0.25, 0.3) is 0 Å². The maximum Gasteiger partial charge on any atom is 0.246 e. The van der Waals surface area contributed by atoms with Gasteiger partial charge in [-0.05, 0) is 33.1 Å². The molecule has 0 aromatic carbocycles. The third-order valence-electron chi connectivity index (χ3n) is 5.76. The van der Waals surface area contributed by atoms with Gasteiger partial charge in [-0.2, -0.15) is 9.40 Å². The highest BCUT2D eigenvalue weighted by Gasteiger charge is 2.33. The molecule has 1 saturated carbocycles. The van der Waals surface area contributed by atoms with Gasteiger partial charge in [0.05, 0.1) is 11.4 Å². The lowest BCUT2D eigenvalue weighted by molar-refractivity contribution is -0.136. The third-order valence-corrected chi connectivity index (χ3v) is 7.91. The lowest BCUT2D eigenvalue weighted by atomic mass is 9.88. The Labute approximate surface area is 156 Å². The molecule has 26 heavy (non-hydrogen) atoms. The molecule has 2 heterocycles. The summed E-state index contributed by atoms with van der Waals surface area (Å²) < 4.78 is 29.4. The van der Waals surface area contributed by atoms with E-state index in [4.69, 9.17) is 0 Å². The number of rotatable bonds is 3. The zero-order valence-corrected chi connectivity index (χ0v) is 16.9. The number of hydrogen-bond donors (Lipinski definition) is 0. The van der Waals surface area contributed by atoms with Gasteiger partial charge < -0.3 is 4.90 Å². The van der Waals surface area contributed by atoms with E-state index in [-0.39, 0.29) is 11.8 Å². The average molecular weight is 383 g/mol. The molecule has 1 aromatic heterocycles. The van der Waals surface area contributed by atoms with Crippen LogP contribution in [0.25, 0.3) is 0 Å². The van der Waals surface area contributed by atoms with E-state index in [9.17, 15) is 13.2 Å². The van der Waals surface area contributed by atoms with Crippen molar-refractivity contribution in [2.45, 2.75) is 57.3 Å². The highest BCUT2D eigenvalue weighted by Crippen LogP contribution is 2.27. The number of hydrogen-bond acceptors (Lipinski definition) is 4. The van der Waals surface area contributed by atoms with E-state index in [1.807, 2.05) is 4.90 Å². The Hall–Kier alpha value is -1.41. The summed E-state index contributed by atoms with van der Waals surface area (Å²) in [5.74, 6) is 0.354. The Balaban J connectivity index is 1.72. The first-order valence-electron chi connectivity index (χ1n) is 9.61. The molecule has 1 aliphatic heterocycles. The highest BCUT2D eigenvalue weighted by atomic mass is 32.2. The van der Waals surface area contributed by atoms with Crippen LogP contribution in [0.4, 0.5) is 0 Å². The molecule has 0 spiro atoms. The van der Waals surface area contributed by atoms with Gasteiger partial charge in [-0.25, -0.2) is 8.42 Å². The van der Waals surface area contributed by atoms with E-state index in [0.717, 1.165) is 25.7 Å². The number of carbonyl (C=O) groups excluding carboxylic acids is 1. The molecule has 0 N–H and O–H groups in total. The van der Waals surface area contributed by atoms with Gasteiger partial charge in [-0.3, -0.25) is 9.48 Å². The minimum absolute atomic E-state index is 0.134. The second-order valence-corrected chi connectivity index (χ2v) is 9.42. The monoisotopic (exact) mass is 382 g/mol. The van der Waals surface area contributed by atoms with Gasteiger partial charge in [0.1, 0.15) is 4.90 Å². The van der Waals surface area contributed by atoms with Crippen molar-refractivity contribution < 1.29 is 13.2 Å². The van der Waals surface area contributed by atoms with E-state index in [1.54, 1.807) is 25.6 Å². The quantitative estimate of drug-likeness (QED) is 0.799. The Bertz CT molecular complexity index is 766. The maximum absolute atomic E-state index is 13.1. The van der Waals surface area contributed by atoms with Gasteiger partial charge in [-0.15, -0.1) is 0 Å². The van der Waals surface area contributed by atoms with Crippen molar-refractivity contribution in [3.05, 3.63) is 11.4 Å². The molecule has 1 saturated heterocycles. The summed E-state index contributed by atoms with van der Waals surface area (Å²) in [5, 5.41) is 4.25. The van der Waals surface area contributed by atoms with Crippen molar-refractivity contribution in [3.8, 4) is 0 Å². The number of aryl methyl sites for hydroxylation is 2. The SMILES string of the molecule is Cc1nn(C)c(C)c1S(=O)(=O)N1CCCN(C(=O)C2CCCCC2)CC1. The Morgan fingerprint density at radius 2 is 1.69 bits per heavy atom. The number of sulfonamides is 1. The van der Waals surface area contributed by atoms with E-state index < -0.39 is 10.0 Å². The molecule has 8 heteroatoms. The van der Waals surface area contributed by atoms with Crippen molar-refractivity contribution in [2.24, 2.45) is 13.0 Å². The average Bonchev–Trinajstić information content (AvgIpc) is 2.81. The molecule has 1 amide bonds. The van der Waals surface area contributed by atoms with Gasteiger partial charge in [0.2, 0.25) is 15.9 Å². The van der Waals surface area contributed by atoms with Crippen molar-refractivity contribution in [1.29, 1.82) is 0 Å². The van der Waals surface area contributed by atoms with Crippen LogP contribution in [0.15, 0.2) is 4.90 Å². The molecule has 0 radical (unpaired) electrons. The Morgan fingerprint density at radius 3 is 2.31 bits per heavy atom. The van der Waals surface area contributed by atoms with Crippen LogP contribution in [-0.2, 0) is 21.9 Å². The molecule has 7 nitrogen and oxygen atoms in total. The lowest BCUT2D eigenvalue weighted by Gasteiger charge is -2.28. The number of aromatic nitrogens is 2. The van der Waals surface area contributed by atoms with E-state index in [2.05, 4.69) is 5.10 Å². The van der Waals surface area contributed by atoms with Gasteiger partial charge in [0, 0.05) is 39.1 Å². The predicted molar refractivity (Wildman–Crippen MR) is 99.2 cm³/mol. The normalized spacial score (nSPS) is 21.0. The topological polar surface area (TPSA) is 75.5 Å². The standard InChI is InChI=1S/C18H30N4O3S/c1-14-17(15(2)20(3)19-14)26(24,25)22-11-7-10-21(12-13-22)18(23)16-8-5-4-6-9-16/h16H,4-13H2,1-3H3. The molecule has 2 aliphatic rings. The molecule has 1 aliphatic carbocycles. The van der Waals surface area contributed by atoms with Crippen LogP contribution in [0.5, 0.6) is 0 Å². The molecule has 1 aromatic rings. The van der Waals surface area contributed by atoms with Crippen LogP contribution in [0, 0.1) is 19.8 Å². The molecule has 0 atom stereocenters. The van der Waals surface area contributed by atoms with Crippen LogP contribution in [0.3, 0.4) is 0 Å². The van der Waals surface area contributed by atoms with Crippen LogP contribution in [0.2, 0.25) is 0 Å². The van der Waals surface area contributed by atoms with Crippen LogP contribution in [0.1, 0.15) is 49.9 Å². The van der Waals surface area contributed by atoms with Crippen LogP contribution in [-0.4, -0.2) is 59.5 Å². The summed E-state index contributed by atoms with van der Waals surface area (Å²) in [7, 11) is -1.83. The fourth-order valence-electron chi connectivity index (χ4n) is 4.22. The van der Waals surface area contributed by atoms with Crippen LogP contribution >= 0.6 is 0 Å². The summed E-state index contributed by atoms with van der Waals surface area (Å²) in [6.07, 6.45) is 6.11. The van der Waals surface area contributed by atoms with Crippen molar-refractivity contribution >= 4 is 15.9 Å². The molecule has 146 valence electrons. The fraction of sp³-hybridized carbons (Fsp3) is 0.778. The fourth-order valence-corrected chi connectivity index (χ4v) is 6.09. The first kappa shape index (κ1) is 19.4. The van der Waals surface area contributed by atoms with Crippen molar-refractivity contribution in [1.82, 2.24) is 19.0 Å². The number of nitrogens with zero attached hydrogens (tertiary/aromatic N) is 4. The maximum atomic E-state index is 13.1. The molecular weight excluding hydrogens is 352 g/mol. The second-order valence-electron chi connectivity index (χ2n) is 7.54. The van der Waals surface area contributed by atoms with Crippen molar-refractivity contribution in [2.75, 3.05) is 26.2 Å². The lowest BCUT2D eigenvalue weighted by Crippen LogP contribution is -2.40. The smallest absolute Gasteiger partial charge is 0.246 e. The summed E-state index contributed by atoms with van der Waals surface area (Å²) in [6, 6.07) is 0. The predicted octanol–water partition coefficient (Wildman–Crippen LogP) is 1.84. The van der Waals surface area contributed by atoms with Gasteiger partial charge in [0.15, 0.2) is 0 Å². The minimum atomic E-state index is -3.59. The van der Waals surface area contributed by atoms with Crippen LogP contribution < -0.4 is 0 Å². The first-order valence-corrected chi connectivity index (χ1v) is 11.1. The second kappa shape index (κ2) is 7.68. The van der Waals surface area contributed by atoms with Crippen molar-refractivity contribution in [3.63, 3.8) is 0 Å². The van der Waals surface area contributed by atoms with Gasteiger partial charge in [-0.1, -0.05) is 19.3 Å². The first-order chi connectivity index (χ1) is 12.3. The molecular formula is C18H30N4O3S. The third kappa shape index (κ3) is 3.67. The Kier molecular flexibility index (Phi) is 5.72. The largest absolute Gasteiger partial charge is 0.341 e. The zero-order valence-electron chi connectivity index (χ0n) is 16.1. The van der Waals surface area contributed by atoms with Gasteiger partial charge >= 0.3 is 0 Å². The molecule has 3 rings (SSSR count). The zero-order chi connectivity index (χ0) is 18.9. The molecule has 0 unspecified atom stereocenters. The van der Waals surface area contributed by atoms with E-state index in [1.165, 1.54) is 10.7 Å². The van der Waals surface area contributed by atoms with E-state index in [0.29, 0.717) is 48.9 Å². The summed E-state index contributed by atoms with van der Waals surface area (Å²) in [5.41, 5.74) is 1.19. The number of amides is 1. The Morgan fingerprint density at radius 1 is 1.00 bits per heavy atom. The minimum Gasteiger partial charge on any atom is -0.341 e. The molecule has 0 bridgehead atoms. The summed E-state index contributed by atoms with van der Waals surface area (Å²) >= 11 is 0.